The van der Waals surface area contributed by atoms with E-state index in [1.165, 1.54) is 148 Å². The first-order chi connectivity index (χ1) is 20.4. The van der Waals surface area contributed by atoms with Gasteiger partial charge in [0, 0.05) is 26.2 Å². The van der Waals surface area contributed by atoms with Crippen LogP contribution in [-0.4, -0.2) is 39.1 Å². The van der Waals surface area contributed by atoms with Gasteiger partial charge in [0.2, 0.25) is 5.51 Å². The zero-order valence-corrected chi connectivity index (χ0v) is 28.4. The summed E-state index contributed by atoms with van der Waals surface area (Å²) in [6.07, 6.45) is 35.5. The summed E-state index contributed by atoms with van der Waals surface area (Å²) in [5.41, 5.74) is 2.18. The molecule has 0 saturated carbocycles. The Morgan fingerprint density at radius 2 is 0.951 bits per heavy atom. The maximum Gasteiger partial charge on any atom is 0.224 e. The third kappa shape index (κ3) is 28.1. The summed E-state index contributed by atoms with van der Waals surface area (Å²) in [7, 11) is 0. The number of aryl methyl sites for hydroxylation is 1. The van der Waals surface area contributed by atoms with Crippen LogP contribution >= 0.6 is 11.3 Å². The summed E-state index contributed by atoms with van der Waals surface area (Å²) in [4.78, 5) is 0. The molecule has 0 bridgehead atoms. The van der Waals surface area contributed by atoms with Crippen molar-refractivity contribution in [3.63, 3.8) is 0 Å². The van der Waals surface area contributed by atoms with E-state index in [9.17, 15) is 0 Å². The van der Waals surface area contributed by atoms with E-state index in [0.29, 0.717) is 13.2 Å². The fraction of sp³-hybridized carbons (Fsp3) is 0.917. The maximum atomic E-state index is 5.92. The third-order valence-corrected chi connectivity index (χ3v) is 8.81. The molecule has 1 aromatic heterocycles. The molecule has 0 N–H and O–H groups in total. The second kappa shape index (κ2) is 32.4. The van der Waals surface area contributed by atoms with E-state index in [1.54, 1.807) is 11.3 Å². The Morgan fingerprint density at radius 1 is 0.537 bits per heavy atom. The number of ether oxygens (including phenoxy) is 3. The molecule has 1 rings (SSSR count). The lowest BCUT2D eigenvalue weighted by Gasteiger charge is -2.17. The average molecular weight is 597 g/mol. The largest absolute Gasteiger partial charge is 0.379 e. The zero-order chi connectivity index (χ0) is 29.3. The van der Waals surface area contributed by atoms with Crippen molar-refractivity contribution < 1.29 is 18.8 Å². The number of aromatic nitrogens is 1. The molecular formula is C36H70NO3S+. The predicted octanol–water partition coefficient (Wildman–Crippen LogP) is 10.9. The molecule has 41 heavy (non-hydrogen) atoms. The molecule has 0 aliphatic carbocycles. The normalized spacial score (nSPS) is 12.3. The van der Waals surface area contributed by atoms with Gasteiger partial charge in [0.05, 0.1) is 18.6 Å². The molecule has 1 atom stereocenters. The van der Waals surface area contributed by atoms with Crippen LogP contribution in [0.4, 0.5) is 0 Å². The maximum absolute atomic E-state index is 5.92. The minimum absolute atomic E-state index is 0.0695. The Labute approximate surface area is 260 Å². The van der Waals surface area contributed by atoms with E-state index in [0.717, 1.165) is 32.8 Å². The van der Waals surface area contributed by atoms with Crippen LogP contribution in [0.5, 0.6) is 0 Å². The first-order valence-electron chi connectivity index (χ1n) is 18.0. The lowest BCUT2D eigenvalue weighted by atomic mass is 10.0. The Bertz CT molecular complexity index is 598. The van der Waals surface area contributed by atoms with E-state index >= 15 is 0 Å². The molecule has 0 saturated heterocycles. The molecule has 4 nitrogen and oxygen atoms in total. The van der Waals surface area contributed by atoms with Gasteiger partial charge in [-0.2, -0.15) is 4.57 Å². The Kier molecular flexibility index (Phi) is 30.5. The fourth-order valence-electron chi connectivity index (χ4n) is 5.51. The van der Waals surface area contributed by atoms with Crippen molar-refractivity contribution in [2.45, 2.75) is 181 Å². The van der Waals surface area contributed by atoms with Crippen molar-refractivity contribution in [3.05, 3.63) is 17.1 Å². The van der Waals surface area contributed by atoms with E-state index in [1.807, 2.05) is 0 Å². The minimum atomic E-state index is 0.0695. The van der Waals surface area contributed by atoms with Crippen molar-refractivity contribution >= 4 is 11.3 Å². The molecule has 0 aliphatic heterocycles. The van der Waals surface area contributed by atoms with Gasteiger partial charge in [0.15, 0.2) is 6.20 Å². The molecular weight excluding hydrogens is 526 g/mol. The highest BCUT2D eigenvalue weighted by molar-refractivity contribution is 7.07. The van der Waals surface area contributed by atoms with Crippen LogP contribution in [0.3, 0.4) is 0 Å². The smallest absolute Gasteiger partial charge is 0.224 e. The van der Waals surface area contributed by atoms with Crippen molar-refractivity contribution in [2.75, 3.05) is 33.0 Å². The van der Waals surface area contributed by atoms with Crippen molar-refractivity contribution in [3.8, 4) is 0 Å². The number of rotatable bonds is 34. The van der Waals surface area contributed by atoms with Crippen LogP contribution in [0.2, 0.25) is 0 Å². The standard InChI is InChI=1S/C36H70NO3S/c1-3-5-6-7-8-9-10-11-12-13-14-15-16-17-18-19-20-21-23-26-30-38-33-36(40-4-2)34-39-31-27-24-22-25-28-37-29-32-41-35-37/h29,32,35-36H,3-28,30-31,33-34H2,1-2H3/q+1. The lowest BCUT2D eigenvalue weighted by Crippen LogP contribution is -2.29. The van der Waals surface area contributed by atoms with E-state index in [4.69, 9.17) is 14.2 Å². The average Bonchev–Trinajstić information content (AvgIpc) is 3.50. The highest BCUT2D eigenvalue weighted by Crippen LogP contribution is 2.15. The lowest BCUT2D eigenvalue weighted by molar-refractivity contribution is -0.692. The summed E-state index contributed by atoms with van der Waals surface area (Å²) in [5, 5.41) is 2.13. The Morgan fingerprint density at radius 3 is 1.34 bits per heavy atom. The minimum Gasteiger partial charge on any atom is -0.379 e. The summed E-state index contributed by atoms with van der Waals surface area (Å²) < 4.78 is 19.9. The predicted molar refractivity (Wildman–Crippen MR) is 178 cm³/mol. The van der Waals surface area contributed by atoms with Gasteiger partial charge >= 0.3 is 0 Å². The molecule has 1 unspecified atom stereocenters. The molecule has 0 radical (unpaired) electrons. The molecule has 5 heteroatoms. The monoisotopic (exact) mass is 597 g/mol. The van der Waals surface area contributed by atoms with Crippen LogP contribution in [0.1, 0.15) is 168 Å². The van der Waals surface area contributed by atoms with Gasteiger partial charge in [-0.3, -0.25) is 0 Å². The molecule has 1 heterocycles. The third-order valence-electron chi connectivity index (χ3n) is 8.13. The van der Waals surface area contributed by atoms with Gasteiger partial charge in [0.1, 0.15) is 12.6 Å². The Hall–Kier alpha value is -0.490. The SMILES string of the molecule is CCCCCCCCCCCCCCCCCCCCCCOCC(COCCCCCC[n+]1ccsc1)OCC. The number of unbranched alkanes of at least 4 members (excludes halogenated alkanes) is 22. The van der Waals surface area contributed by atoms with Crippen molar-refractivity contribution in [1.82, 2.24) is 0 Å². The number of hydrogen-bond donors (Lipinski definition) is 0. The van der Waals surface area contributed by atoms with Gasteiger partial charge in [-0.05, 0) is 26.2 Å². The Balaban J connectivity index is 1.76. The second-order valence-corrected chi connectivity index (χ2v) is 12.9. The number of thiazole rings is 1. The highest BCUT2D eigenvalue weighted by atomic mass is 32.1. The fourth-order valence-corrected chi connectivity index (χ4v) is 6.14. The van der Waals surface area contributed by atoms with Crippen molar-refractivity contribution in [2.24, 2.45) is 0 Å². The topological polar surface area (TPSA) is 31.6 Å². The summed E-state index contributed by atoms with van der Waals surface area (Å²) in [6, 6.07) is 0. The summed E-state index contributed by atoms with van der Waals surface area (Å²) in [5.74, 6) is 0. The van der Waals surface area contributed by atoms with Gasteiger partial charge in [0.25, 0.3) is 0 Å². The van der Waals surface area contributed by atoms with Crippen LogP contribution in [0, 0.1) is 0 Å². The quantitative estimate of drug-likeness (QED) is 0.0586. The van der Waals surface area contributed by atoms with Crippen LogP contribution in [0.25, 0.3) is 0 Å². The van der Waals surface area contributed by atoms with Crippen LogP contribution < -0.4 is 4.57 Å². The van der Waals surface area contributed by atoms with E-state index < -0.39 is 0 Å². The van der Waals surface area contributed by atoms with E-state index in [-0.39, 0.29) is 6.10 Å². The van der Waals surface area contributed by atoms with Gasteiger partial charge in [-0.25, -0.2) is 0 Å². The molecule has 242 valence electrons. The first-order valence-corrected chi connectivity index (χ1v) is 19.0. The molecule has 0 spiro atoms. The second-order valence-electron chi connectivity index (χ2n) is 12.1. The highest BCUT2D eigenvalue weighted by Gasteiger charge is 2.09. The molecule has 0 aromatic carbocycles. The number of nitrogens with zero attached hydrogens (tertiary/aromatic N) is 1. The molecule has 0 amide bonds. The summed E-state index contributed by atoms with van der Waals surface area (Å²) >= 11 is 1.76. The zero-order valence-electron chi connectivity index (χ0n) is 27.6. The van der Waals surface area contributed by atoms with Crippen LogP contribution in [0.15, 0.2) is 17.1 Å². The van der Waals surface area contributed by atoms with Gasteiger partial charge in [-0.15, -0.1) is 0 Å². The first kappa shape index (κ1) is 38.5. The van der Waals surface area contributed by atoms with Crippen LogP contribution in [-0.2, 0) is 20.8 Å². The van der Waals surface area contributed by atoms with Crippen molar-refractivity contribution in [1.29, 1.82) is 0 Å². The molecule has 0 fully saturated rings. The molecule has 0 aliphatic rings. The molecule has 1 aromatic rings. The number of hydrogen-bond acceptors (Lipinski definition) is 4. The van der Waals surface area contributed by atoms with Gasteiger partial charge < -0.3 is 14.2 Å². The summed E-state index contributed by atoms with van der Waals surface area (Å²) in [6.45, 7) is 9.19. The van der Waals surface area contributed by atoms with E-state index in [2.05, 4.69) is 35.5 Å². The van der Waals surface area contributed by atoms with Gasteiger partial charge in [-0.1, -0.05) is 147 Å².